The number of hydrogen-bond acceptors (Lipinski definition) is 7. The van der Waals surface area contributed by atoms with E-state index in [9.17, 15) is 23.1 Å². The van der Waals surface area contributed by atoms with Crippen LogP contribution in [0.4, 0.5) is 0 Å². The van der Waals surface area contributed by atoms with Crippen LogP contribution < -0.4 is 0 Å². The molecule has 11 heteroatoms. The Morgan fingerprint density at radius 2 is 1.72 bits per heavy atom. The third kappa shape index (κ3) is 5.18. The Morgan fingerprint density at radius 3 is 2.33 bits per heavy atom. The first-order valence-corrected chi connectivity index (χ1v) is 13.3. The van der Waals surface area contributed by atoms with Gasteiger partial charge in [-0.1, -0.05) is 23.7 Å². The van der Waals surface area contributed by atoms with E-state index in [4.69, 9.17) is 21.1 Å². The number of benzene rings is 2. The second-order valence-corrected chi connectivity index (χ2v) is 10.8. The SMILES string of the molecule is COCCCN1C(=O)C(=O)C(=C(O)c2ccc(S(=O)(=O)N3CCOCC3)cc2)[C@@H]1c1ccc(Cl)cc1. The van der Waals surface area contributed by atoms with Gasteiger partial charge in [0.25, 0.3) is 11.7 Å². The molecule has 2 saturated heterocycles. The molecule has 2 fully saturated rings. The smallest absolute Gasteiger partial charge is 0.295 e. The number of aliphatic hydroxyl groups is 1. The molecule has 2 aliphatic rings. The van der Waals surface area contributed by atoms with Gasteiger partial charge >= 0.3 is 0 Å². The highest BCUT2D eigenvalue weighted by molar-refractivity contribution is 7.89. The van der Waals surface area contributed by atoms with Crippen LogP contribution in [0.15, 0.2) is 59.0 Å². The zero-order valence-corrected chi connectivity index (χ0v) is 21.3. The maximum atomic E-state index is 13.1. The number of sulfonamides is 1. The van der Waals surface area contributed by atoms with Crippen molar-refractivity contribution < 1.29 is 32.6 Å². The first kappa shape index (κ1) is 26.3. The lowest BCUT2D eigenvalue weighted by molar-refractivity contribution is -0.140. The highest BCUT2D eigenvalue weighted by Crippen LogP contribution is 2.39. The molecule has 4 rings (SSSR count). The molecule has 1 atom stereocenters. The lowest BCUT2D eigenvalue weighted by atomic mass is 9.95. The maximum absolute atomic E-state index is 13.1. The van der Waals surface area contributed by atoms with E-state index in [2.05, 4.69) is 0 Å². The van der Waals surface area contributed by atoms with Gasteiger partial charge in [-0.15, -0.1) is 0 Å². The van der Waals surface area contributed by atoms with Crippen molar-refractivity contribution in [2.75, 3.05) is 46.6 Å². The Labute approximate surface area is 214 Å². The van der Waals surface area contributed by atoms with E-state index in [1.807, 2.05) is 0 Å². The van der Waals surface area contributed by atoms with E-state index in [-0.39, 0.29) is 41.4 Å². The lowest BCUT2D eigenvalue weighted by Crippen LogP contribution is -2.40. The van der Waals surface area contributed by atoms with Crippen LogP contribution in [0.3, 0.4) is 0 Å². The fourth-order valence-electron chi connectivity index (χ4n) is 4.36. The van der Waals surface area contributed by atoms with Crippen molar-refractivity contribution in [2.24, 2.45) is 0 Å². The minimum absolute atomic E-state index is 0.0650. The minimum atomic E-state index is -3.72. The molecule has 2 aromatic rings. The van der Waals surface area contributed by atoms with E-state index in [0.29, 0.717) is 36.8 Å². The molecule has 0 radical (unpaired) electrons. The quantitative estimate of drug-likeness (QED) is 0.240. The van der Waals surface area contributed by atoms with Crippen LogP contribution in [0.2, 0.25) is 5.02 Å². The molecular weight excluding hydrogens is 508 g/mol. The van der Waals surface area contributed by atoms with Crippen molar-refractivity contribution in [3.63, 3.8) is 0 Å². The third-order valence-corrected chi connectivity index (χ3v) is 8.37. The first-order chi connectivity index (χ1) is 17.3. The summed E-state index contributed by atoms with van der Waals surface area (Å²) in [7, 11) is -2.17. The summed E-state index contributed by atoms with van der Waals surface area (Å²) in [5.41, 5.74) is 0.775. The second-order valence-electron chi connectivity index (χ2n) is 8.43. The minimum Gasteiger partial charge on any atom is -0.507 e. The number of hydrogen-bond donors (Lipinski definition) is 1. The average Bonchev–Trinajstić information content (AvgIpc) is 3.14. The number of nitrogens with zero attached hydrogens (tertiary/aromatic N) is 2. The van der Waals surface area contributed by atoms with Crippen LogP contribution >= 0.6 is 11.6 Å². The van der Waals surface area contributed by atoms with Crippen LogP contribution in [0.1, 0.15) is 23.6 Å². The van der Waals surface area contributed by atoms with Crippen LogP contribution in [-0.4, -0.2) is 81.0 Å². The Hall–Kier alpha value is -2.76. The van der Waals surface area contributed by atoms with Crippen LogP contribution in [0, 0.1) is 0 Å². The number of ether oxygens (including phenoxy) is 2. The number of carbonyl (C=O) groups excluding carboxylic acids is 2. The predicted octanol–water partition coefficient (Wildman–Crippen LogP) is 2.82. The van der Waals surface area contributed by atoms with E-state index in [1.54, 1.807) is 31.4 Å². The first-order valence-electron chi connectivity index (χ1n) is 11.5. The molecule has 0 saturated carbocycles. The van der Waals surface area contributed by atoms with E-state index in [0.717, 1.165) is 0 Å². The molecule has 0 unspecified atom stereocenters. The molecule has 2 aliphatic heterocycles. The van der Waals surface area contributed by atoms with Crippen molar-refractivity contribution >= 4 is 39.1 Å². The fraction of sp³-hybridized carbons (Fsp3) is 0.360. The lowest BCUT2D eigenvalue weighted by Gasteiger charge is -2.26. The van der Waals surface area contributed by atoms with Crippen molar-refractivity contribution in [3.05, 3.63) is 70.3 Å². The van der Waals surface area contributed by atoms with E-state index < -0.39 is 27.8 Å². The molecule has 1 amide bonds. The van der Waals surface area contributed by atoms with Crippen LogP contribution in [0.5, 0.6) is 0 Å². The number of rotatable bonds is 8. The maximum Gasteiger partial charge on any atom is 0.295 e. The molecule has 192 valence electrons. The normalized spacial score (nSPS) is 20.7. The summed E-state index contributed by atoms with van der Waals surface area (Å²) < 4.78 is 37.5. The number of ketones is 1. The Balaban J connectivity index is 1.71. The number of halogens is 1. The Bertz CT molecular complexity index is 1250. The van der Waals surface area contributed by atoms with Gasteiger partial charge in [0.1, 0.15) is 5.76 Å². The summed E-state index contributed by atoms with van der Waals surface area (Å²) in [6.07, 6.45) is 0.502. The van der Waals surface area contributed by atoms with Gasteiger partial charge in [-0.3, -0.25) is 9.59 Å². The highest BCUT2D eigenvalue weighted by atomic mass is 35.5. The van der Waals surface area contributed by atoms with Crippen molar-refractivity contribution in [1.82, 2.24) is 9.21 Å². The topological polar surface area (TPSA) is 113 Å². The fourth-order valence-corrected chi connectivity index (χ4v) is 5.89. The number of aliphatic hydroxyl groups excluding tert-OH is 1. The second kappa shape index (κ2) is 11.1. The number of carbonyl (C=O) groups is 2. The summed E-state index contributed by atoms with van der Waals surface area (Å²) in [4.78, 5) is 27.5. The molecule has 0 spiro atoms. The number of Topliss-reactive ketones (excluding diaryl/α,β-unsaturated/α-hetero) is 1. The van der Waals surface area contributed by atoms with Gasteiger partial charge < -0.3 is 19.5 Å². The molecular formula is C25H27ClN2O7S. The van der Waals surface area contributed by atoms with E-state index >= 15 is 0 Å². The summed E-state index contributed by atoms with van der Waals surface area (Å²) in [6, 6.07) is 11.5. The zero-order valence-electron chi connectivity index (χ0n) is 19.7. The molecule has 2 aromatic carbocycles. The highest BCUT2D eigenvalue weighted by Gasteiger charge is 2.45. The molecule has 0 bridgehead atoms. The number of likely N-dealkylation sites (tertiary alicyclic amines) is 1. The Morgan fingerprint density at radius 1 is 1.08 bits per heavy atom. The summed E-state index contributed by atoms with van der Waals surface area (Å²) in [5.74, 6) is -1.91. The summed E-state index contributed by atoms with van der Waals surface area (Å²) in [5, 5.41) is 11.7. The van der Waals surface area contributed by atoms with Crippen molar-refractivity contribution in [1.29, 1.82) is 0 Å². The molecule has 1 N–H and O–H groups in total. The molecule has 36 heavy (non-hydrogen) atoms. The van der Waals surface area contributed by atoms with Gasteiger partial charge in [0, 0.05) is 43.9 Å². The van der Waals surface area contributed by atoms with Gasteiger partial charge in [0.2, 0.25) is 10.0 Å². The summed E-state index contributed by atoms with van der Waals surface area (Å²) >= 11 is 6.03. The van der Waals surface area contributed by atoms with Gasteiger partial charge in [0.15, 0.2) is 0 Å². The van der Waals surface area contributed by atoms with E-state index in [1.165, 1.54) is 33.5 Å². The van der Waals surface area contributed by atoms with Gasteiger partial charge in [-0.05, 0) is 48.4 Å². The number of amides is 1. The molecule has 0 aromatic heterocycles. The van der Waals surface area contributed by atoms with Gasteiger partial charge in [0.05, 0.1) is 29.7 Å². The largest absolute Gasteiger partial charge is 0.507 e. The monoisotopic (exact) mass is 534 g/mol. The van der Waals surface area contributed by atoms with Crippen LogP contribution in [-0.2, 0) is 29.1 Å². The van der Waals surface area contributed by atoms with Crippen molar-refractivity contribution in [2.45, 2.75) is 17.4 Å². The van der Waals surface area contributed by atoms with Gasteiger partial charge in [-0.2, -0.15) is 4.31 Å². The Kier molecular flexibility index (Phi) is 8.11. The zero-order chi connectivity index (χ0) is 25.9. The summed E-state index contributed by atoms with van der Waals surface area (Å²) in [6.45, 7) is 1.82. The van der Waals surface area contributed by atoms with Gasteiger partial charge in [-0.25, -0.2) is 8.42 Å². The standard InChI is InChI=1S/C25H27ClN2O7S/c1-34-14-2-11-28-22(17-3-7-19(26)8-4-17)21(24(30)25(28)31)23(29)18-5-9-20(10-6-18)36(32,33)27-12-15-35-16-13-27/h3-10,22,29H,2,11-16H2,1H3/t22-/m0/s1. The molecule has 2 heterocycles. The molecule has 0 aliphatic carbocycles. The third-order valence-electron chi connectivity index (χ3n) is 6.21. The molecule has 9 nitrogen and oxygen atoms in total. The number of methoxy groups -OCH3 is 1. The van der Waals surface area contributed by atoms with Crippen LogP contribution in [0.25, 0.3) is 5.76 Å². The average molecular weight is 535 g/mol. The number of morpholine rings is 1. The van der Waals surface area contributed by atoms with Crippen molar-refractivity contribution in [3.8, 4) is 0 Å². The predicted molar refractivity (Wildman–Crippen MR) is 133 cm³/mol.